The molecule has 27 heavy (non-hydrogen) atoms. The molecular formula is C20H30FIN4O. The molecule has 3 saturated heterocycles. The van der Waals surface area contributed by atoms with Gasteiger partial charge in [0.1, 0.15) is 5.82 Å². The summed E-state index contributed by atoms with van der Waals surface area (Å²) in [6.45, 7) is 2.74. The molecule has 5 nitrogen and oxygen atoms in total. The van der Waals surface area contributed by atoms with E-state index in [1.54, 1.807) is 12.1 Å². The van der Waals surface area contributed by atoms with E-state index in [9.17, 15) is 4.39 Å². The van der Waals surface area contributed by atoms with Crippen LogP contribution in [-0.2, 0) is 4.74 Å². The van der Waals surface area contributed by atoms with E-state index in [1.807, 2.05) is 27.2 Å². The minimum Gasteiger partial charge on any atom is -0.374 e. The Bertz CT molecular complexity index is 668. The molecule has 0 amide bonds. The summed E-state index contributed by atoms with van der Waals surface area (Å²) in [6.07, 6.45) is 3.34. The molecule has 5 atom stereocenters. The highest BCUT2D eigenvalue weighted by molar-refractivity contribution is 14.0. The largest absolute Gasteiger partial charge is 0.374 e. The summed E-state index contributed by atoms with van der Waals surface area (Å²) in [5.74, 6) is 2.06. The Kier molecular flexibility index (Phi) is 6.63. The van der Waals surface area contributed by atoms with Gasteiger partial charge in [-0.2, -0.15) is 0 Å². The van der Waals surface area contributed by atoms with E-state index in [4.69, 9.17) is 4.74 Å². The monoisotopic (exact) mass is 488 g/mol. The zero-order valence-corrected chi connectivity index (χ0v) is 18.6. The predicted molar refractivity (Wildman–Crippen MR) is 116 cm³/mol. The molecule has 150 valence electrons. The number of likely N-dealkylation sites (N-methyl/N-ethyl adjacent to an activating group) is 1. The third-order valence-corrected chi connectivity index (χ3v) is 6.27. The van der Waals surface area contributed by atoms with Crippen molar-refractivity contribution in [1.82, 2.24) is 15.1 Å². The summed E-state index contributed by atoms with van der Waals surface area (Å²) in [4.78, 5) is 9.00. The lowest BCUT2D eigenvalue weighted by molar-refractivity contribution is 0.0767. The fraction of sp³-hybridized carbons (Fsp3) is 0.650. The summed E-state index contributed by atoms with van der Waals surface area (Å²) in [6, 6.07) is 6.94. The van der Waals surface area contributed by atoms with Gasteiger partial charge in [0.05, 0.1) is 18.2 Å². The summed E-state index contributed by atoms with van der Waals surface area (Å²) < 4.78 is 19.7. The summed E-state index contributed by atoms with van der Waals surface area (Å²) in [5, 5.41) is 3.52. The van der Waals surface area contributed by atoms with E-state index in [2.05, 4.69) is 20.1 Å². The molecule has 3 aliphatic heterocycles. The average Bonchev–Trinajstić information content (AvgIpc) is 3.31. The van der Waals surface area contributed by atoms with Crippen molar-refractivity contribution in [3.05, 3.63) is 35.6 Å². The van der Waals surface area contributed by atoms with Crippen molar-refractivity contribution in [2.75, 3.05) is 40.8 Å². The number of halogens is 2. The topological polar surface area (TPSA) is 40.1 Å². The molecule has 0 radical (unpaired) electrons. The lowest BCUT2D eigenvalue weighted by Gasteiger charge is -2.29. The van der Waals surface area contributed by atoms with Crippen molar-refractivity contribution in [2.45, 2.75) is 31.1 Å². The van der Waals surface area contributed by atoms with Crippen LogP contribution in [0.5, 0.6) is 0 Å². The number of nitrogens with zero attached hydrogens (tertiary/aromatic N) is 3. The number of likely N-dealkylation sites (tertiary alicyclic amines) is 1. The minimum atomic E-state index is -0.193. The van der Waals surface area contributed by atoms with Crippen molar-refractivity contribution in [1.29, 1.82) is 0 Å². The number of rotatable bonds is 4. The van der Waals surface area contributed by atoms with E-state index in [-0.39, 0.29) is 35.8 Å². The summed E-state index contributed by atoms with van der Waals surface area (Å²) in [7, 11) is 5.89. The first-order chi connectivity index (χ1) is 12.6. The molecule has 1 N–H and O–H groups in total. The molecule has 0 saturated carbocycles. The molecule has 1 aromatic rings. The molecule has 7 heteroatoms. The Balaban J connectivity index is 0.00000210. The van der Waals surface area contributed by atoms with Gasteiger partial charge < -0.3 is 19.9 Å². The van der Waals surface area contributed by atoms with E-state index in [0.29, 0.717) is 30.6 Å². The highest BCUT2D eigenvalue weighted by Crippen LogP contribution is 2.47. The number of guanidine groups is 1. The number of ether oxygens (including phenoxy) is 1. The molecule has 3 aliphatic rings. The Morgan fingerprint density at radius 1 is 1.30 bits per heavy atom. The summed E-state index contributed by atoms with van der Waals surface area (Å²) in [5.41, 5.74) is 0.975. The molecule has 3 heterocycles. The maximum absolute atomic E-state index is 13.6. The van der Waals surface area contributed by atoms with Crippen LogP contribution >= 0.6 is 24.0 Å². The first-order valence-corrected chi connectivity index (χ1v) is 9.59. The first kappa shape index (κ1) is 20.8. The van der Waals surface area contributed by atoms with Crippen LogP contribution < -0.4 is 5.32 Å². The van der Waals surface area contributed by atoms with Gasteiger partial charge in [0.25, 0.3) is 0 Å². The Morgan fingerprint density at radius 3 is 2.52 bits per heavy atom. The number of nitrogens with one attached hydrogen (secondary N) is 1. The molecule has 4 rings (SSSR count). The van der Waals surface area contributed by atoms with Gasteiger partial charge in [0, 0.05) is 38.5 Å². The molecule has 0 aliphatic carbocycles. The van der Waals surface area contributed by atoms with Gasteiger partial charge in [-0.1, -0.05) is 12.1 Å². The average molecular weight is 488 g/mol. The lowest BCUT2D eigenvalue weighted by Crippen LogP contribution is -2.44. The fourth-order valence-corrected chi connectivity index (χ4v) is 4.97. The van der Waals surface area contributed by atoms with Crippen LogP contribution in [0.15, 0.2) is 29.3 Å². The maximum atomic E-state index is 13.6. The van der Waals surface area contributed by atoms with Crippen molar-refractivity contribution in [3.63, 3.8) is 0 Å². The maximum Gasteiger partial charge on any atom is 0.193 e. The molecule has 2 bridgehead atoms. The fourth-order valence-electron chi connectivity index (χ4n) is 4.97. The molecular weight excluding hydrogens is 458 g/mol. The second kappa shape index (κ2) is 8.61. The highest BCUT2D eigenvalue weighted by Gasteiger charge is 2.53. The van der Waals surface area contributed by atoms with Crippen LogP contribution in [-0.4, -0.2) is 68.7 Å². The first-order valence-electron chi connectivity index (χ1n) is 9.59. The summed E-state index contributed by atoms with van der Waals surface area (Å²) >= 11 is 0. The van der Waals surface area contributed by atoms with Gasteiger partial charge in [-0.3, -0.25) is 4.99 Å². The van der Waals surface area contributed by atoms with Crippen LogP contribution in [0.3, 0.4) is 0 Å². The van der Waals surface area contributed by atoms with E-state index < -0.39 is 0 Å². The normalized spacial score (nSPS) is 30.4. The Labute approximate surface area is 178 Å². The number of hydrogen-bond acceptors (Lipinski definition) is 3. The van der Waals surface area contributed by atoms with Crippen LogP contribution in [0.1, 0.15) is 24.4 Å². The smallest absolute Gasteiger partial charge is 0.193 e. The van der Waals surface area contributed by atoms with Gasteiger partial charge in [-0.25, -0.2) is 4.39 Å². The number of aliphatic imine (C=N–C) groups is 1. The standard InChI is InChI=1S/C20H29FN4O.HI/c1-22-20(25-11-15-16(12-25)19-8-7-18(15)26-19)23-10-17(24(2)3)13-5-4-6-14(21)9-13;/h4-6,9,15-19H,7-8,10-12H2,1-3H3,(H,22,23);1H. The molecule has 3 fully saturated rings. The Hall–Kier alpha value is -0.930. The van der Waals surface area contributed by atoms with Crippen molar-refractivity contribution in [2.24, 2.45) is 16.8 Å². The van der Waals surface area contributed by atoms with Crippen molar-refractivity contribution < 1.29 is 9.13 Å². The van der Waals surface area contributed by atoms with Crippen molar-refractivity contribution in [3.8, 4) is 0 Å². The van der Waals surface area contributed by atoms with Crippen LogP contribution in [0.2, 0.25) is 0 Å². The molecule has 5 unspecified atom stereocenters. The van der Waals surface area contributed by atoms with Crippen LogP contribution in [0.25, 0.3) is 0 Å². The van der Waals surface area contributed by atoms with Gasteiger partial charge in [-0.05, 0) is 44.6 Å². The number of fused-ring (bicyclic) bond motifs is 5. The third kappa shape index (κ3) is 4.10. The van der Waals surface area contributed by atoms with E-state index in [1.165, 1.54) is 18.9 Å². The van der Waals surface area contributed by atoms with E-state index >= 15 is 0 Å². The number of hydrogen-bond donors (Lipinski definition) is 1. The van der Waals surface area contributed by atoms with Crippen LogP contribution in [0, 0.1) is 17.7 Å². The van der Waals surface area contributed by atoms with Gasteiger partial charge in [0.2, 0.25) is 0 Å². The SMILES string of the molecule is CN=C(NCC(c1cccc(F)c1)N(C)C)N1CC2C3CCC(O3)C2C1.I. The zero-order valence-electron chi connectivity index (χ0n) is 16.3. The Morgan fingerprint density at radius 2 is 1.96 bits per heavy atom. The molecule has 1 aromatic carbocycles. The minimum absolute atomic E-state index is 0. The van der Waals surface area contributed by atoms with Gasteiger partial charge in [-0.15, -0.1) is 24.0 Å². The number of benzene rings is 1. The van der Waals surface area contributed by atoms with Crippen molar-refractivity contribution >= 4 is 29.9 Å². The predicted octanol–water partition coefficient (Wildman–Crippen LogP) is 2.73. The third-order valence-electron chi connectivity index (χ3n) is 6.27. The second-order valence-electron chi connectivity index (χ2n) is 7.99. The van der Waals surface area contributed by atoms with E-state index in [0.717, 1.165) is 24.6 Å². The molecule has 0 spiro atoms. The highest BCUT2D eigenvalue weighted by atomic mass is 127. The zero-order chi connectivity index (χ0) is 18.3. The lowest BCUT2D eigenvalue weighted by atomic mass is 9.82. The van der Waals surface area contributed by atoms with Crippen LogP contribution in [0.4, 0.5) is 4.39 Å². The quantitative estimate of drug-likeness (QED) is 0.402. The second-order valence-corrected chi connectivity index (χ2v) is 7.99. The molecule has 0 aromatic heterocycles. The van der Waals surface area contributed by atoms with Gasteiger partial charge in [0.15, 0.2) is 5.96 Å². The van der Waals surface area contributed by atoms with Gasteiger partial charge >= 0.3 is 0 Å².